The van der Waals surface area contributed by atoms with Gasteiger partial charge in [0.05, 0.1) is 18.1 Å². The fraction of sp³-hybridized carbons (Fsp3) is 0.167. The van der Waals surface area contributed by atoms with Gasteiger partial charge in [0.15, 0.2) is 0 Å². The Morgan fingerprint density at radius 3 is 2.45 bits per heavy atom. The van der Waals surface area contributed by atoms with Crippen LogP contribution in [0.25, 0.3) is 11.0 Å². The smallest absolute Gasteiger partial charge is 0.243 e. The van der Waals surface area contributed by atoms with Crippen LogP contribution in [0.4, 0.5) is 0 Å². The average Bonchev–Trinajstić information content (AvgIpc) is 3.13. The van der Waals surface area contributed by atoms with Crippen molar-refractivity contribution in [3.8, 4) is 5.75 Å². The Kier molecular flexibility index (Phi) is 4.28. The Hall–Kier alpha value is -3.60. The Bertz CT molecular complexity index is 1170. The number of rotatable bonds is 4. The first kappa shape index (κ1) is 17.5. The minimum absolute atomic E-state index is 0.0883. The van der Waals surface area contributed by atoms with Gasteiger partial charge in [-0.05, 0) is 35.4 Å². The molecule has 2 heterocycles. The SMILES string of the molecule is COc1ccc(CN2C(=O)Cn3c(nc4ccccc43)C2c2ccccc2)cc1. The number of nitrogens with zero attached hydrogens (tertiary/aromatic N) is 3. The topological polar surface area (TPSA) is 47.4 Å². The van der Waals surface area contributed by atoms with Crippen LogP contribution in [0.15, 0.2) is 78.9 Å². The lowest BCUT2D eigenvalue weighted by atomic mass is 10.0. The maximum absolute atomic E-state index is 13.3. The lowest BCUT2D eigenvalue weighted by Gasteiger charge is -2.36. The molecule has 0 N–H and O–H groups in total. The third kappa shape index (κ3) is 3.05. The number of methoxy groups -OCH3 is 1. The van der Waals surface area contributed by atoms with Gasteiger partial charge < -0.3 is 14.2 Å². The van der Waals surface area contributed by atoms with E-state index in [1.54, 1.807) is 7.11 Å². The molecule has 1 amide bonds. The Balaban J connectivity index is 1.62. The Labute approximate surface area is 169 Å². The van der Waals surface area contributed by atoms with Crippen LogP contribution in [0, 0.1) is 0 Å². The van der Waals surface area contributed by atoms with Crippen molar-refractivity contribution in [3.05, 3.63) is 95.8 Å². The zero-order valence-electron chi connectivity index (χ0n) is 16.2. The number of carbonyl (C=O) groups is 1. The predicted octanol–water partition coefficient (Wildman–Crippen LogP) is 4.18. The molecular formula is C24H21N3O2. The molecule has 5 nitrogen and oxygen atoms in total. The molecule has 1 aromatic heterocycles. The molecule has 1 aliphatic rings. The van der Waals surface area contributed by atoms with E-state index in [0.717, 1.165) is 33.7 Å². The summed E-state index contributed by atoms with van der Waals surface area (Å²) in [7, 11) is 1.65. The van der Waals surface area contributed by atoms with E-state index < -0.39 is 0 Å². The highest BCUT2D eigenvalue weighted by molar-refractivity contribution is 5.84. The fourth-order valence-electron chi connectivity index (χ4n) is 4.05. The Morgan fingerprint density at radius 2 is 1.69 bits per heavy atom. The second kappa shape index (κ2) is 7.09. The number of imidazole rings is 1. The van der Waals surface area contributed by atoms with Crippen LogP contribution in [-0.2, 0) is 17.9 Å². The van der Waals surface area contributed by atoms with E-state index in [2.05, 4.69) is 16.7 Å². The van der Waals surface area contributed by atoms with Crippen molar-refractivity contribution in [1.29, 1.82) is 0 Å². The van der Waals surface area contributed by atoms with Gasteiger partial charge in [0.2, 0.25) is 5.91 Å². The number of aromatic nitrogens is 2. The number of hydrogen-bond acceptors (Lipinski definition) is 3. The first-order valence-corrected chi connectivity index (χ1v) is 9.67. The molecule has 29 heavy (non-hydrogen) atoms. The molecule has 0 aliphatic carbocycles. The molecule has 5 heteroatoms. The number of amides is 1. The van der Waals surface area contributed by atoms with E-state index in [1.807, 2.05) is 71.6 Å². The lowest BCUT2D eigenvalue weighted by Crippen LogP contribution is -2.43. The van der Waals surface area contributed by atoms with Crippen molar-refractivity contribution < 1.29 is 9.53 Å². The van der Waals surface area contributed by atoms with Crippen LogP contribution in [0.1, 0.15) is 23.0 Å². The molecule has 3 aromatic carbocycles. The highest BCUT2D eigenvalue weighted by atomic mass is 16.5. The number of ether oxygens (including phenoxy) is 1. The van der Waals surface area contributed by atoms with Gasteiger partial charge in [0.25, 0.3) is 0 Å². The fourth-order valence-corrected chi connectivity index (χ4v) is 4.05. The van der Waals surface area contributed by atoms with Gasteiger partial charge in [0.1, 0.15) is 24.2 Å². The monoisotopic (exact) mass is 383 g/mol. The Morgan fingerprint density at radius 1 is 0.966 bits per heavy atom. The van der Waals surface area contributed by atoms with E-state index in [4.69, 9.17) is 9.72 Å². The highest BCUT2D eigenvalue weighted by Gasteiger charge is 2.36. The number of carbonyl (C=O) groups excluding carboxylic acids is 1. The number of fused-ring (bicyclic) bond motifs is 3. The van der Waals surface area contributed by atoms with Crippen molar-refractivity contribution in [1.82, 2.24) is 14.5 Å². The predicted molar refractivity (Wildman–Crippen MR) is 112 cm³/mol. The second-order valence-electron chi connectivity index (χ2n) is 7.23. The minimum Gasteiger partial charge on any atom is -0.497 e. The summed E-state index contributed by atoms with van der Waals surface area (Å²) in [4.78, 5) is 20.1. The molecule has 0 radical (unpaired) electrons. The molecule has 0 saturated heterocycles. The molecule has 1 unspecified atom stereocenters. The van der Waals surface area contributed by atoms with E-state index in [1.165, 1.54) is 0 Å². The van der Waals surface area contributed by atoms with E-state index in [0.29, 0.717) is 13.1 Å². The van der Waals surface area contributed by atoms with Gasteiger partial charge in [0, 0.05) is 6.54 Å². The third-order valence-electron chi connectivity index (χ3n) is 5.48. The van der Waals surface area contributed by atoms with Crippen LogP contribution < -0.4 is 4.74 Å². The van der Waals surface area contributed by atoms with E-state index >= 15 is 0 Å². The normalized spacial score (nSPS) is 16.1. The van der Waals surface area contributed by atoms with E-state index in [9.17, 15) is 4.79 Å². The molecule has 1 aliphatic heterocycles. The third-order valence-corrected chi connectivity index (χ3v) is 5.48. The van der Waals surface area contributed by atoms with Crippen molar-refractivity contribution >= 4 is 16.9 Å². The summed E-state index contributed by atoms with van der Waals surface area (Å²) in [5.74, 6) is 1.80. The quantitative estimate of drug-likeness (QED) is 0.531. The zero-order chi connectivity index (χ0) is 19.8. The van der Waals surface area contributed by atoms with Gasteiger partial charge in [-0.25, -0.2) is 4.98 Å². The summed E-state index contributed by atoms with van der Waals surface area (Å²) in [6.45, 7) is 0.820. The second-order valence-corrected chi connectivity index (χ2v) is 7.23. The highest BCUT2D eigenvalue weighted by Crippen LogP contribution is 2.35. The molecule has 4 aromatic rings. The molecule has 0 spiro atoms. The molecule has 0 fully saturated rings. The first-order valence-electron chi connectivity index (χ1n) is 9.67. The summed E-state index contributed by atoms with van der Waals surface area (Å²) in [6.07, 6.45) is 0. The minimum atomic E-state index is -0.230. The maximum Gasteiger partial charge on any atom is 0.243 e. The lowest BCUT2D eigenvalue weighted by molar-refractivity contribution is -0.136. The first-order chi connectivity index (χ1) is 14.2. The standard InChI is InChI=1S/C24H21N3O2/c1-29-19-13-11-17(12-14-19)15-27-22(28)16-26-21-10-6-5-9-20(21)25-24(26)23(27)18-7-3-2-4-8-18/h2-14,23H,15-16H2,1H3. The van der Waals surface area contributed by atoms with Crippen molar-refractivity contribution in [2.24, 2.45) is 0 Å². The van der Waals surface area contributed by atoms with E-state index in [-0.39, 0.29) is 11.9 Å². The molecule has 144 valence electrons. The van der Waals surface area contributed by atoms with Crippen LogP contribution in [0.2, 0.25) is 0 Å². The number of benzene rings is 3. The van der Waals surface area contributed by atoms with Crippen LogP contribution >= 0.6 is 0 Å². The van der Waals surface area contributed by atoms with Gasteiger partial charge in [-0.15, -0.1) is 0 Å². The van der Waals surface area contributed by atoms with Crippen LogP contribution in [-0.4, -0.2) is 27.5 Å². The number of para-hydroxylation sites is 2. The van der Waals surface area contributed by atoms with Gasteiger partial charge in [-0.2, -0.15) is 0 Å². The molecular weight excluding hydrogens is 362 g/mol. The summed E-state index contributed by atoms with van der Waals surface area (Å²) in [5, 5.41) is 0. The van der Waals surface area contributed by atoms with Crippen molar-refractivity contribution in [2.75, 3.05) is 7.11 Å². The summed E-state index contributed by atoms with van der Waals surface area (Å²) >= 11 is 0. The summed E-state index contributed by atoms with van der Waals surface area (Å²) in [6, 6.07) is 25.8. The average molecular weight is 383 g/mol. The van der Waals surface area contributed by atoms with Crippen molar-refractivity contribution in [2.45, 2.75) is 19.1 Å². The summed E-state index contributed by atoms with van der Waals surface area (Å²) < 4.78 is 7.31. The van der Waals surface area contributed by atoms with Crippen LogP contribution in [0.3, 0.4) is 0 Å². The molecule has 0 saturated carbocycles. The number of hydrogen-bond donors (Lipinski definition) is 0. The molecule has 1 atom stereocenters. The van der Waals surface area contributed by atoms with Crippen molar-refractivity contribution in [3.63, 3.8) is 0 Å². The molecule has 5 rings (SSSR count). The zero-order valence-corrected chi connectivity index (χ0v) is 16.2. The van der Waals surface area contributed by atoms with Gasteiger partial charge >= 0.3 is 0 Å². The maximum atomic E-state index is 13.3. The summed E-state index contributed by atoms with van der Waals surface area (Å²) in [5.41, 5.74) is 4.04. The van der Waals surface area contributed by atoms with Crippen LogP contribution in [0.5, 0.6) is 5.75 Å². The molecule has 0 bridgehead atoms. The van der Waals surface area contributed by atoms with Gasteiger partial charge in [-0.1, -0.05) is 54.6 Å². The largest absolute Gasteiger partial charge is 0.497 e. The van der Waals surface area contributed by atoms with Gasteiger partial charge in [-0.3, -0.25) is 4.79 Å².